The molecule has 1 aliphatic rings. The molecule has 1 fully saturated rings. The molecule has 1 saturated heterocycles. The fraction of sp³-hybridized carbons (Fsp3) is 1.00. The van der Waals surface area contributed by atoms with Crippen molar-refractivity contribution >= 4 is 15.2 Å². The molecule has 0 spiro atoms. The summed E-state index contributed by atoms with van der Waals surface area (Å²) < 4.78 is 40.3. The van der Waals surface area contributed by atoms with E-state index in [9.17, 15) is 13.5 Å². The lowest BCUT2D eigenvalue weighted by Crippen LogP contribution is -2.25. The average molecular weight is 278 g/mol. The van der Waals surface area contributed by atoms with Crippen LogP contribution in [0.3, 0.4) is 0 Å². The lowest BCUT2D eigenvalue weighted by Gasteiger charge is -2.27. The van der Waals surface area contributed by atoms with Crippen LogP contribution >= 0.6 is 15.2 Å². The number of ether oxygens (including phenoxy) is 1. The van der Waals surface area contributed by atoms with Gasteiger partial charge < -0.3 is 24.3 Å². The van der Waals surface area contributed by atoms with Crippen molar-refractivity contribution in [2.24, 2.45) is 0 Å². The molecule has 1 aliphatic heterocycles. The summed E-state index contributed by atoms with van der Waals surface area (Å²) in [5.41, 5.74) is -0.734. The minimum atomic E-state index is -5.55. The highest BCUT2D eigenvalue weighted by Crippen LogP contribution is 2.72. The van der Waals surface area contributed by atoms with Gasteiger partial charge in [-0.3, -0.25) is 9.13 Å². The maximum atomic E-state index is 13.8. The Morgan fingerprint density at radius 1 is 1.31 bits per heavy atom. The largest absolute Gasteiger partial charge is 0.375 e. The van der Waals surface area contributed by atoms with Crippen LogP contribution < -0.4 is 0 Å². The van der Waals surface area contributed by atoms with Crippen molar-refractivity contribution in [2.45, 2.75) is 30.5 Å². The highest BCUT2D eigenvalue weighted by molar-refractivity contribution is 7.72. The molecule has 0 bridgehead atoms. The van der Waals surface area contributed by atoms with Gasteiger partial charge in [-0.15, -0.1) is 0 Å². The third kappa shape index (κ3) is 2.71. The molecule has 96 valence electrons. The van der Waals surface area contributed by atoms with Crippen LogP contribution in [0, 0.1) is 0 Å². The van der Waals surface area contributed by atoms with E-state index in [1.807, 2.05) is 0 Å². The maximum absolute atomic E-state index is 13.8. The zero-order chi connectivity index (χ0) is 12.8. The van der Waals surface area contributed by atoms with E-state index in [2.05, 4.69) is 0 Å². The zero-order valence-electron chi connectivity index (χ0n) is 8.41. The first-order chi connectivity index (χ1) is 6.91. The molecule has 16 heavy (non-hydrogen) atoms. The molecule has 0 saturated carbocycles. The molecule has 0 amide bonds. The lowest BCUT2D eigenvalue weighted by atomic mass is 10.1. The van der Waals surface area contributed by atoms with Crippen LogP contribution in [0.5, 0.6) is 0 Å². The monoisotopic (exact) mass is 278 g/mol. The fourth-order valence-corrected chi connectivity index (χ4v) is 3.32. The van der Waals surface area contributed by atoms with Crippen molar-refractivity contribution in [3.05, 3.63) is 0 Å². The molecule has 1 rings (SSSR count). The Balaban J connectivity index is 2.88. The van der Waals surface area contributed by atoms with Crippen LogP contribution in [0.2, 0.25) is 0 Å². The summed E-state index contributed by atoms with van der Waals surface area (Å²) in [6.45, 7) is 1.85. The predicted octanol–water partition coefficient (Wildman–Crippen LogP) is 0.534. The number of alkyl halides is 1. The summed E-state index contributed by atoms with van der Waals surface area (Å²) >= 11 is 0. The molecular weight excluding hydrogens is 265 g/mol. The third-order valence-corrected chi connectivity index (χ3v) is 6.30. The van der Waals surface area contributed by atoms with Crippen molar-refractivity contribution in [3.8, 4) is 0 Å². The van der Waals surface area contributed by atoms with Gasteiger partial charge in [-0.25, -0.2) is 4.39 Å². The van der Waals surface area contributed by atoms with E-state index in [0.717, 1.165) is 0 Å². The van der Waals surface area contributed by atoms with Crippen LogP contribution in [0.4, 0.5) is 4.39 Å². The molecule has 1 unspecified atom stereocenters. The molecular formula is C6H13FO7P2. The first kappa shape index (κ1) is 14.3. The van der Waals surface area contributed by atoms with Gasteiger partial charge in [-0.2, -0.15) is 0 Å². The summed E-state index contributed by atoms with van der Waals surface area (Å²) in [7, 11) is -11.1. The van der Waals surface area contributed by atoms with Crippen molar-refractivity contribution in [1.29, 1.82) is 0 Å². The molecule has 7 nitrogen and oxygen atoms in total. The number of hydrogen-bond donors (Lipinski definition) is 4. The van der Waals surface area contributed by atoms with E-state index in [-0.39, 0.29) is 13.0 Å². The van der Waals surface area contributed by atoms with Crippen LogP contribution in [0.15, 0.2) is 0 Å². The van der Waals surface area contributed by atoms with Crippen molar-refractivity contribution in [3.63, 3.8) is 0 Å². The summed E-state index contributed by atoms with van der Waals surface area (Å²) in [5, 5.41) is -3.82. The Morgan fingerprint density at radius 3 is 1.94 bits per heavy atom. The molecule has 0 aromatic carbocycles. The summed E-state index contributed by atoms with van der Waals surface area (Å²) in [6, 6.07) is 0. The summed E-state index contributed by atoms with van der Waals surface area (Å²) in [6.07, 6.45) is -1.11. The number of rotatable bonds is 5. The normalized spacial score (nSPS) is 26.9. The van der Waals surface area contributed by atoms with Crippen molar-refractivity contribution < 1.29 is 37.8 Å². The lowest BCUT2D eigenvalue weighted by molar-refractivity contribution is 0.196. The van der Waals surface area contributed by atoms with Crippen LogP contribution in [-0.4, -0.2) is 36.9 Å². The second-order valence-electron chi connectivity index (χ2n) is 4.05. The Bertz CT molecular complexity index is 345. The quantitative estimate of drug-likeness (QED) is 0.426. The van der Waals surface area contributed by atoms with Crippen molar-refractivity contribution in [1.82, 2.24) is 0 Å². The minimum Gasteiger partial charge on any atom is -0.370 e. The predicted molar refractivity (Wildman–Crippen MR) is 51.5 cm³/mol. The minimum absolute atomic E-state index is 0.167. The highest BCUT2D eigenvalue weighted by Gasteiger charge is 2.62. The van der Waals surface area contributed by atoms with Gasteiger partial charge >= 0.3 is 20.3 Å². The third-order valence-electron chi connectivity index (χ3n) is 2.50. The standard InChI is InChI=1S/C6H13FO7P2/c1-5(4-14-5)2-3-6(7,15(8,9)10)16(11,12)13/h2-4H2,1H3,(H2,8,9,10)(H2,11,12,13). The second kappa shape index (κ2) is 3.85. The summed E-state index contributed by atoms with van der Waals surface area (Å²) in [5.74, 6) is 0. The fourth-order valence-electron chi connectivity index (χ4n) is 1.15. The van der Waals surface area contributed by atoms with E-state index in [1.54, 1.807) is 6.92 Å². The Hall–Kier alpha value is 0.190. The van der Waals surface area contributed by atoms with Crippen molar-refractivity contribution in [2.75, 3.05) is 6.61 Å². The Morgan fingerprint density at radius 2 is 1.69 bits per heavy atom. The molecule has 0 aromatic rings. The molecule has 0 aliphatic carbocycles. The van der Waals surface area contributed by atoms with Crippen LogP contribution in [-0.2, 0) is 13.9 Å². The van der Waals surface area contributed by atoms with Gasteiger partial charge in [0.05, 0.1) is 12.2 Å². The first-order valence-corrected chi connectivity index (χ1v) is 7.58. The zero-order valence-corrected chi connectivity index (χ0v) is 10.2. The van der Waals surface area contributed by atoms with E-state index in [4.69, 9.17) is 24.3 Å². The highest BCUT2D eigenvalue weighted by atomic mass is 31.2. The molecule has 0 radical (unpaired) electrons. The average Bonchev–Trinajstić information content (AvgIpc) is 2.76. The van der Waals surface area contributed by atoms with E-state index in [1.165, 1.54) is 0 Å². The molecule has 0 aromatic heterocycles. The van der Waals surface area contributed by atoms with Gasteiger partial charge in [0.1, 0.15) is 0 Å². The van der Waals surface area contributed by atoms with Crippen LogP contribution in [0.1, 0.15) is 19.8 Å². The number of hydrogen-bond acceptors (Lipinski definition) is 3. The maximum Gasteiger partial charge on any atom is 0.375 e. The number of halogens is 1. The Kier molecular flexibility index (Phi) is 3.43. The van der Waals surface area contributed by atoms with Gasteiger partial charge in [-0.05, 0) is 13.3 Å². The SMILES string of the molecule is CC1(CCC(F)(P(=O)(O)O)P(=O)(O)O)CO1. The van der Waals surface area contributed by atoms with Crippen LogP contribution in [0.25, 0.3) is 0 Å². The second-order valence-corrected chi connectivity index (χ2v) is 7.99. The number of epoxide rings is 1. The summed E-state index contributed by atoms with van der Waals surface area (Å²) in [4.78, 5) is 34.8. The molecule has 1 heterocycles. The smallest absolute Gasteiger partial charge is 0.370 e. The molecule has 1 atom stereocenters. The van der Waals surface area contributed by atoms with Gasteiger partial charge in [0.15, 0.2) is 0 Å². The van der Waals surface area contributed by atoms with E-state index < -0.39 is 32.4 Å². The van der Waals surface area contributed by atoms with Gasteiger partial charge in [0, 0.05) is 6.42 Å². The first-order valence-electron chi connectivity index (χ1n) is 4.35. The molecule has 10 heteroatoms. The van der Waals surface area contributed by atoms with E-state index >= 15 is 0 Å². The Labute approximate surface area is 90.9 Å². The topological polar surface area (TPSA) is 128 Å². The van der Waals surface area contributed by atoms with Gasteiger partial charge in [0.2, 0.25) is 0 Å². The molecule has 4 N–H and O–H groups in total. The van der Waals surface area contributed by atoms with Gasteiger partial charge in [0.25, 0.3) is 0 Å². The van der Waals surface area contributed by atoms with E-state index in [0.29, 0.717) is 0 Å². The van der Waals surface area contributed by atoms with Gasteiger partial charge in [-0.1, -0.05) is 0 Å².